The molecule has 25 heavy (non-hydrogen) atoms. The third-order valence-electron chi connectivity index (χ3n) is 3.78. The predicted molar refractivity (Wildman–Crippen MR) is 107 cm³/mol. The van der Waals surface area contributed by atoms with Gasteiger partial charge in [-0.1, -0.05) is 68.1 Å². The van der Waals surface area contributed by atoms with Crippen LogP contribution < -0.4 is 0 Å². The van der Waals surface area contributed by atoms with Gasteiger partial charge in [0, 0.05) is 5.75 Å². The summed E-state index contributed by atoms with van der Waals surface area (Å²) in [6.07, 6.45) is 0. The number of rotatable bonds is 4. The van der Waals surface area contributed by atoms with Crippen molar-refractivity contribution in [3.63, 3.8) is 0 Å². The summed E-state index contributed by atoms with van der Waals surface area (Å²) < 4.78 is 16.3. The Bertz CT molecular complexity index is 904. The molecule has 3 aromatic rings. The van der Waals surface area contributed by atoms with Gasteiger partial charge in [0.2, 0.25) is 0 Å². The Balaban J connectivity index is 1.71. The highest BCUT2D eigenvalue weighted by Crippen LogP contribution is 2.28. The lowest BCUT2D eigenvalue weighted by Crippen LogP contribution is -2.10. The molecule has 0 N–H and O–H groups in total. The quantitative estimate of drug-likeness (QED) is 0.379. The van der Waals surface area contributed by atoms with Crippen LogP contribution in [-0.2, 0) is 11.2 Å². The normalized spacial score (nSPS) is 11.7. The van der Waals surface area contributed by atoms with E-state index in [0.717, 1.165) is 15.8 Å². The number of hydrogen-bond donors (Lipinski definition) is 0. The van der Waals surface area contributed by atoms with Gasteiger partial charge in [0.05, 0.1) is 5.69 Å². The van der Waals surface area contributed by atoms with Gasteiger partial charge in [-0.05, 0) is 53.0 Å². The minimum absolute atomic E-state index is 0.166. The first kappa shape index (κ1) is 18.3. The summed E-state index contributed by atoms with van der Waals surface area (Å²) in [5.74, 6) is 0.578. The van der Waals surface area contributed by atoms with Crippen molar-refractivity contribution in [2.45, 2.75) is 36.3 Å². The van der Waals surface area contributed by atoms with Crippen LogP contribution in [0, 0.1) is 9.77 Å². The van der Waals surface area contributed by atoms with Crippen LogP contribution in [0.15, 0.2) is 52.9 Å². The van der Waals surface area contributed by atoms with Gasteiger partial charge in [-0.2, -0.15) is 0 Å². The summed E-state index contributed by atoms with van der Waals surface area (Å²) >= 11 is 8.53. The molecule has 2 aromatic carbocycles. The van der Waals surface area contributed by atoms with E-state index < -0.39 is 0 Å². The van der Waals surface area contributed by atoms with Crippen LogP contribution >= 0.6 is 35.3 Å². The Morgan fingerprint density at radius 1 is 1.08 bits per heavy atom. The maximum absolute atomic E-state index is 13.1. The molecule has 130 valence electrons. The highest BCUT2D eigenvalue weighted by molar-refractivity contribution is 8.00. The van der Waals surface area contributed by atoms with E-state index in [1.165, 1.54) is 34.6 Å². The topological polar surface area (TPSA) is 17.8 Å². The van der Waals surface area contributed by atoms with Crippen molar-refractivity contribution in [3.8, 4) is 5.69 Å². The first-order valence-electron chi connectivity index (χ1n) is 7.91. The van der Waals surface area contributed by atoms with Crippen molar-refractivity contribution >= 4 is 35.3 Å². The average molecular weight is 391 g/mol. The second-order valence-electron chi connectivity index (χ2n) is 6.76. The molecule has 0 fully saturated rings. The van der Waals surface area contributed by atoms with E-state index in [1.54, 1.807) is 28.6 Å². The molecule has 2 nitrogen and oxygen atoms in total. The van der Waals surface area contributed by atoms with Gasteiger partial charge in [-0.3, -0.25) is 0 Å². The number of nitrogens with zero attached hydrogens (tertiary/aromatic N) is 2. The SMILES string of the molecule is CC(C)(C)c1ccc(CSc2nn(-c3ccc(F)cc3)c(=S)s2)cc1. The maximum Gasteiger partial charge on any atom is 0.184 e. The molecule has 0 radical (unpaired) electrons. The molecular weight excluding hydrogens is 371 g/mol. The molecule has 1 aromatic heterocycles. The van der Waals surface area contributed by atoms with E-state index in [0.29, 0.717) is 3.95 Å². The summed E-state index contributed by atoms with van der Waals surface area (Å²) in [5.41, 5.74) is 3.54. The van der Waals surface area contributed by atoms with Gasteiger partial charge in [-0.15, -0.1) is 5.10 Å². The molecule has 0 saturated heterocycles. The second kappa shape index (κ2) is 7.40. The van der Waals surface area contributed by atoms with Gasteiger partial charge in [0.25, 0.3) is 0 Å². The Morgan fingerprint density at radius 3 is 2.32 bits per heavy atom. The van der Waals surface area contributed by atoms with E-state index in [-0.39, 0.29) is 11.2 Å². The van der Waals surface area contributed by atoms with Gasteiger partial charge in [0.1, 0.15) is 5.82 Å². The third-order valence-corrected chi connectivity index (χ3v) is 6.22. The molecule has 0 aliphatic rings. The maximum atomic E-state index is 13.1. The Morgan fingerprint density at radius 2 is 1.72 bits per heavy atom. The average Bonchev–Trinajstić information content (AvgIpc) is 2.94. The molecule has 0 aliphatic carbocycles. The Kier molecular flexibility index (Phi) is 5.41. The number of halogens is 1. The fourth-order valence-corrected chi connectivity index (χ4v) is 4.63. The Hall–Kier alpha value is -1.50. The first-order valence-corrected chi connectivity index (χ1v) is 10.1. The lowest BCUT2D eigenvalue weighted by atomic mass is 9.87. The molecular formula is C19H19FN2S3. The summed E-state index contributed by atoms with van der Waals surface area (Å²) in [6, 6.07) is 14.9. The lowest BCUT2D eigenvalue weighted by Gasteiger charge is -2.19. The molecule has 0 unspecified atom stereocenters. The van der Waals surface area contributed by atoms with Gasteiger partial charge in [0.15, 0.2) is 8.29 Å². The van der Waals surface area contributed by atoms with Crippen molar-refractivity contribution < 1.29 is 4.39 Å². The molecule has 0 atom stereocenters. The number of hydrogen-bond acceptors (Lipinski definition) is 4. The van der Waals surface area contributed by atoms with E-state index in [2.05, 4.69) is 50.1 Å². The van der Waals surface area contributed by atoms with Crippen LogP contribution in [0.25, 0.3) is 5.69 Å². The van der Waals surface area contributed by atoms with Crippen molar-refractivity contribution in [3.05, 3.63) is 69.4 Å². The van der Waals surface area contributed by atoms with Crippen LogP contribution in [0.4, 0.5) is 4.39 Å². The van der Waals surface area contributed by atoms with Crippen molar-refractivity contribution in [1.82, 2.24) is 9.78 Å². The number of thioether (sulfide) groups is 1. The van der Waals surface area contributed by atoms with Gasteiger partial charge >= 0.3 is 0 Å². The third kappa shape index (κ3) is 4.57. The van der Waals surface area contributed by atoms with Crippen LogP contribution in [0.1, 0.15) is 31.9 Å². The summed E-state index contributed by atoms with van der Waals surface area (Å²) in [6.45, 7) is 6.64. The van der Waals surface area contributed by atoms with E-state index in [4.69, 9.17) is 12.2 Å². The van der Waals surface area contributed by atoms with Crippen molar-refractivity contribution in [1.29, 1.82) is 0 Å². The highest BCUT2D eigenvalue weighted by atomic mass is 32.2. The van der Waals surface area contributed by atoms with E-state index in [1.807, 2.05) is 0 Å². The molecule has 0 saturated carbocycles. The lowest BCUT2D eigenvalue weighted by molar-refractivity contribution is 0.590. The van der Waals surface area contributed by atoms with Crippen LogP contribution in [0.3, 0.4) is 0 Å². The fourth-order valence-electron chi connectivity index (χ4n) is 2.31. The highest BCUT2D eigenvalue weighted by Gasteiger charge is 2.13. The predicted octanol–water partition coefficient (Wildman–Crippen LogP) is 6.39. The van der Waals surface area contributed by atoms with Crippen molar-refractivity contribution in [2.24, 2.45) is 0 Å². The van der Waals surface area contributed by atoms with Gasteiger partial charge < -0.3 is 0 Å². The minimum Gasteiger partial charge on any atom is -0.211 e. The molecule has 0 aliphatic heterocycles. The molecule has 0 amide bonds. The zero-order valence-corrected chi connectivity index (χ0v) is 16.8. The summed E-state index contributed by atoms with van der Waals surface area (Å²) in [7, 11) is 0. The second-order valence-corrected chi connectivity index (χ2v) is 9.60. The van der Waals surface area contributed by atoms with Crippen LogP contribution in [-0.4, -0.2) is 9.78 Å². The summed E-state index contributed by atoms with van der Waals surface area (Å²) in [4.78, 5) is 0. The standard InChI is InChI=1S/C19H19FN2S3/c1-19(2,3)14-6-4-13(5-7-14)12-24-17-21-22(18(23)25-17)16-10-8-15(20)9-11-16/h4-11H,12H2,1-3H3. The molecule has 3 rings (SSSR count). The molecule has 6 heteroatoms. The number of benzene rings is 2. The number of aromatic nitrogens is 2. The molecule has 0 spiro atoms. The summed E-state index contributed by atoms with van der Waals surface area (Å²) in [5, 5.41) is 4.55. The van der Waals surface area contributed by atoms with E-state index >= 15 is 0 Å². The minimum atomic E-state index is -0.265. The van der Waals surface area contributed by atoms with Gasteiger partial charge in [-0.25, -0.2) is 9.07 Å². The zero-order valence-electron chi connectivity index (χ0n) is 14.3. The Labute approximate surface area is 160 Å². The first-order chi connectivity index (χ1) is 11.8. The molecule has 1 heterocycles. The van der Waals surface area contributed by atoms with E-state index in [9.17, 15) is 4.39 Å². The zero-order chi connectivity index (χ0) is 18.0. The largest absolute Gasteiger partial charge is 0.211 e. The van der Waals surface area contributed by atoms with Crippen LogP contribution in [0.5, 0.6) is 0 Å². The molecule has 0 bridgehead atoms. The monoisotopic (exact) mass is 390 g/mol. The smallest absolute Gasteiger partial charge is 0.184 e. The van der Waals surface area contributed by atoms with Crippen LogP contribution in [0.2, 0.25) is 0 Å². The fraction of sp³-hybridized carbons (Fsp3) is 0.263. The van der Waals surface area contributed by atoms with Crippen molar-refractivity contribution in [2.75, 3.05) is 0 Å².